The van der Waals surface area contributed by atoms with Crippen molar-refractivity contribution < 1.29 is 18.8 Å². The maximum atomic E-state index is 15.4. The van der Waals surface area contributed by atoms with Gasteiger partial charge < -0.3 is 18.9 Å². The van der Waals surface area contributed by atoms with Gasteiger partial charge in [0.2, 0.25) is 0 Å². The summed E-state index contributed by atoms with van der Waals surface area (Å²) in [6, 6.07) is 31.9. The van der Waals surface area contributed by atoms with Crippen molar-refractivity contribution in [2.75, 3.05) is 14.2 Å². The Kier molecular flexibility index (Phi) is 6.19. The zero-order valence-corrected chi connectivity index (χ0v) is 20.5. The molecule has 0 fully saturated rings. The summed E-state index contributed by atoms with van der Waals surface area (Å²) in [7, 11) is -0.188. The second-order valence-electron chi connectivity index (χ2n) is 8.41. The number of fused-ring (bicyclic) bond motifs is 1. The monoisotopic (exact) mass is 483 g/mol. The smallest absolute Gasteiger partial charge is 0.255 e. The van der Waals surface area contributed by atoms with Gasteiger partial charge in [0.1, 0.15) is 17.3 Å². The molecule has 0 saturated carbocycles. The van der Waals surface area contributed by atoms with Crippen LogP contribution in [0, 0.1) is 0 Å². The van der Waals surface area contributed by atoms with Gasteiger partial charge in [0.05, 0.1) is 14.2 Å². The molecular formula is C29H26NO4P. The summed E-state index contributed by atoms with van der Waals surface area (Å²) in [6.07, 6.45) is 0. The minimum atomic E-state index is -3.39. The molecule has 1 atom stereocenters. The molecule has 4 aromatic carbocycles. The first-order valence-corrected chi connectivity index (χ1v) is 13.2. The summed E-state index contributed by atoms with van der Waals surface area (Å²) in [5.74, 6) is 0.423. The van der Waals surface area contributed by atoms with E-state index in [-0.39, 0.29) is 5.91 Å². The fraction of sp³-hybridized carbons (Fsp3) is 0.138. The molecule has 0 aromatic heterocycles. The molecule has 6 heteroatoms. The van der Waals surface area contributed by atoms with Crippen LogP contribution in [0.2, 0.25) is 0 Å². The van der Waals surface area contributed by atoms with Crippen LogP contribution in [0.5, 0.6) is 11.5 Å². The third-order valence-electron chi connectivity index (χ3n) is 6.47. The van der Waals surface area contributed by atoms with Crippen molar-refractivity contribution in [3.05, 3.63) is 120 Å². The third-order valence-corrected chi connectivity index (χ3v) is 9.82. The molecule has 176 valence electrons. The van der Waals surface area contributed by atoms with Crippen molar-refractivity contribution in [3.8, 4) is 11.5 Å². The van der Waals surface area contributed by atoms with Gasteiger partial charge in [0.25, 0.3) is 5.91 Å². The predicted molar refractivity (Wildman–Crippen MR) is 138 cm³/mol. The number of ether oxygens (including phenoxy) is 2. The number of rotatable bonds is 7. The van der Waals surface area contributed by atoms with Crippen molar-refractivity contribution >= 4 is 23.7 Å². The highest BCUT2D eigenvalue weighted by molar-refractivity contribution is 7.79. The standard InChI is InChI=1S/C29H26NO4P/c1-33-22-18-16-21(17-19-22)20-30-28(31)25-14-9-15-26(34-2)27(25)29(30)35(32,23-10-5-3-6-11-23)24-12-7-4-8-13-24/h3-19,29H,20H2,1-2H3. The van der Waals surface area contributed by atoms with Crippen LogP contribution in [-0.4, -0.2) is 25.0 Å². The van der Waals surface area contributed by atoms with E-state index in [4.69, 9.17) is 9.47 Å². The van der Waals surface area contributed by atoms with E-state index in [1.54, 1.807) is 31.3 Å². The molecule has 1 aliphatic heterocycles. The van der Waals surface area contributed by atoms with Gasteiger partial charge in [-0.1, -0.05) is 78.9 Å². The average Bonchev–Trinajstić information content (AvgIpc) is 3.21. The van der Waals surface area contributed by atoms with Gasteiger partial charge in [-0.3, -0.25) is 4.79 Å². The Balaban J connectivity index is 1.74. The lowest BCUT2D eigenvalue weighted by Crippen LogP contribution is -2.33. The Hall–Kier alpha value is -3.82. The highest BCUT2D eigenvalue weighted by Crippen LogP contribution is 2.63. The molecule has 1 heterocycles. The number of methoxy groups -OCH3 is 2. The quantitative estimate of drug-likeness (QED) is 0.332. The number of nitrogens with zero attached hydrogens (tertiary/aromatic N) is 1. The SMILES string of the molecule is COc1ccc(CN2C(=O)c3cccc(OC)c3C2P(=O)(c2ccccc2)c2ccccc2)cc1. The van der Waals surface area contributed by atoms with E-state index in [9.17, 15) is 4.79 Å². The topological polar surface area (TPSA) is 55.8 Å². The minimum Gasteiger partial charge on any atom is -0.497 e. The zero-order valence-electron chi connectivity index (χ0n) is 19.6. The lowest BCUT2D eigenvalue weighted by molar-refractivity contribution is 0.0756. The summed E-state index contributed by atoms with van der Waals surface area (Å²) in [6.45, 7) is 0.301. The van der Waals surface area contributed by atoms with Gasteiger partial charge >= 0.3 is 0 Å². The second kappa shape index (κ2) is 9.44. The van der Waals surface area contributed by atoms with Gasteiger partial charge in [0.15, 0.2) is 7.14 Å². The van der Waals surface area contributed by atoms with Gasteiger partial charge in [-0.05, 0) is 29.8 Å². The third kappa shape index (κ3) is 3.92. The molecule has 0 saturated heterocycles. The maximum Gasteiger partial charge on any atom is 0.255 e. The molecule has 1 aliphatic rings. The van der Waals surface area contributed by atoms with Crippen molar-refractivity contribution in [3.63, 3.8) is 0 Å². The number of hydrogen-bond acceptors (Lipinski definition) is 4. The van der Waals surface area contributed by atoms with Crippen LogP contribution in [-0.2, 0) is 11.1 Å². The van der Waals surface area contributed by atoms with Crippen LogP contribution in [0.1, 0.15) is 27.3 Å². The number of amides is 1. The molecule has 35 heavy (non-hydrogen) atoms. The van der Waals surface area contributed by atoms with Crippen LogP contribution in [0.15, 0.2) is 103 Å². The largest absolute Gasteiger partial charge is 0.497 e. The summed E-state index contributed by atoms with van der Waals surface area (Å²) in [5.41, 5.74) is 2.11. The molecule has 1 amide bonds. The first-order chi connectivity index (χ1) is 17.1. The van der Waals surface area contributed by atoms with Crippen LogP contribution >= 0.6 is 7.14 Å². The average molecular weight is 484 g/mol. The van der Waals surface area contributed by atoms with E-state index in [1.807, 2.05) is 91.0 Å². The first kappa shape index (κ1) is 22.9. The Morgan fingerprint density at radius 2 is 1.34 bits per heavy atom. The Labute approximate surface area is 205 Å². The van der Waals surface area contributed by atoms with Crippen LogP contribution in [0.3, 0.4) is 0 Å². The highest BCUT2D eigenvalue weighted by atomic mass is 31.2. The van der Waals surface area contributed by atoms with Gasteiger partial charge in [-0.15, -0.1) is 0 Å². The molecule has 5 nitrogen and oxygen atoms in total. The predicted octanol–water partition coefficient (Wildman–Crippen LogP) is 5.37. The number of benzene rings is 4. The summed E-state index contributed by atoms with van der Waals surface area (Å²) in [4.78, 5) is 15.6. The van der Waals surface area contributed by atoms with Crippen molar-refractivity contribution in [1.29, 1.82) is 0 Å². The van der Waals surface area contributed by atoms with Crippen LogP contribution in [0.25, 0.3) is 0 Å². The lowest BCUT2D eigenvalue weighted by Gasteiger charge is -2.34. The van der Waals surface area contributed by atoms with Crippen LogP contribution < -0.4 is 20.1 Å². The van der Waals surface area contributed by atoms with E-state index in [1.165, 1.54) is 0 Å². The Morgan fingerprint density at radius 3 is 1.89 bits per heavy atom. The van der Waals surface area contributed by atoms with E-state index in [2.05, 4.69) is 0 Å². The number of hydrogen-bond donors (Lipinski definition) is 0. The number of carbonyl (C=O) groups excluding carboxylic acids is 1. The molecule has 0 N–H and O–H groups in total. The van der Waals surface area contributed by atoms with Crippen molar-refractivity contribution in [2.45, 2.75) is 12.3 Å². The fourth-order valence-corrected chi connectivity index (χ4v) is 8.09. The first-order valence-electron chi connectivity index (χ1n) is 11.4. The molecule has 4 aromatic rings. The van der Waals surface area contributed by atoms with Crippen LogP contribution in [0.4, 0.5) is 0 Å². The molecule has 0 aliphatic carbocycles. The van der Waals surface area contributed by atoms with E-state index in [0.29, 0.717) is 34.0 Å². The van der Waals surface area contributed by atoms with Gasteiger partial charge in [0, 0.05) is 28.3 Å². The normalized spacial score (nSPS) is 15.1. The van der Waals surface area contributed by atoms with E-state index < -0.39 is 12.9 Å². The lowest BCUT2D eigenvalue weighted by atomic mass is 10.1. The molecular weight excluding hydrogens is 457 g/mol. The van der Waals surface area contributed by atoms with E-state index in [0.717, 1.165) is 11.3 Å². The summed E-state index contributed by atoms with van der Waals surface area (Å²) < 4.78 is 26.4. The van der Waals surface area contributed by atoms with Crippen molar-refractivity contribution in [1.82, 2.24) is 4.90 Å². The molecule has 0 bridgehead atoms. The molecule has 5 rings (SSSR count). The van der Waals surface area contributed by atoms with Gasteiger partial charge in [-0.2, -0.15) is 0 Å². The second-order valence-corrected chi connectivity index (χ2v) is 11.2. The van der Waals surface area contributed by atoms with E-state index >= 15 is 4.57 Å². The highest BCUT2D eigenvalue weighted by Gasteiger charge is 2.50. The molecule has 0 spiro atoms. The Morgan fingerprint density at radius 1 is 0.743 bits per heavy atom. The number of carbonyl (C=O) groups is 1. The summed E-state index contributed by atoms with van der Waals surface area (Å²) >= 11 is 0. The van der Waals surface area contributed by atoms with Gasteiger partial charge in [-0.25, -0.2) is 0 Å². The fourth-order valence-electron chi connectivity index (χ4n) is 4.79. The maximum absolute atomic E-state index is 15.4. The molecule has 0 radical (unpaired) electrons. The minimum absolute atomic E-state index is 0.160. The van der Waals surface area contributed by atoms with Crippen molar-refractivity contribution in [2.24, 2.45) is 0 Å². The molecule has 1 unspecified atom stereocenters. The summed E-state index contributed by atoms with van der Waals surface area (Å²) in [5, 5.41) is 1.39. The zero-order chi connectivity index (χ0) is 24.4. The Bertz CT molecular complexity index is 1340.